The van der Waals surface area contributed by atoms with Crippen molar-refractivity contribution in [2.24, 2.45) is 5.73 Å². The van der Waals surface area contributed by atoms with Crippen LogP contribution in [0.25, 0.3) is 0 Å². The van der Waals surface area contributed by atoms with Crippen molar-refractivity contribution in [3.63, 3.8) is 0 Å². The molecule has 0 aromatic rings. The molecule has 0 aromatic heterocycles. The zero-order valence-corrected chi connectivity index (χ0v) is 6.09. The number of ether oxygens (including phenoxy) is 2. The fourth-order valence-corrected chi connectivity index (χ4v) is 0.383. The van der Waals surface area contributed by atoms with E-state index < -0.39 is 5.97 Å². The van der Waals surface area contributed by atoms with Gasteiger partial charge in [0.15, 0.2) is 5.88 Å². The van der Waals surface area contributed by atoms with Crippen molar-refractivity contribution in [2.75, 3.05) is 13.7 Å². The van der Waals surface area contributed by atoms with Gasteiger partial charge in [-0.2, -0.15) is 0 Å². The van der Waals surface area contributed by atoms with Gasteiger partial charge in [-0.15, -0.1) is 0 Å². The van der Waals surface area contributed by atoms with Gasteiger partial charge in [0.1, 0.15) is 0 Å². The second kappa shape index (κ2) is 4.67. The molecule has 0 saturated carbocycles. The summed E-state index contributed by atoms with van der Waals surface area (Å²) in [5.41, 5.74) is 5.20. The quantitative estimate of drug-likeness (QED) is 0.345. The Morgan fingerprint density at radius 2 is 2.30 bits per heavy atom. The Bertz CT molecular complexity index is 142. The molecule has 0 rings (SSSR count). The molecule has 0 unspecified atom stereocenters. The van der Waals surface area contributed by atoms with Crippen LogP contribution in [0.1, 0.15) is 6.92 Å². The highest BCUT2D eigenvalue weighted by molar-refractivity contribution is 5.82. The maximum atomic E-state index is 10.4. The summed E-state index contributed by atoms with van der Waals surface area (Å²) in [6, 6.07) is 0. The number of carbonyl (C=O) groups is 1. The average molecular weight is 145 g/mol. The zero-order chi connectivity index (χ0) is 7.98. The van der Waals surface area contributed by atoms with Gasteiger partial charge in [0, 0.05) is 0 Å². The third kappa shape index (κ3) is 3.77. The van der Waals surface area contributed by atoms with Gasteiger partial charge >= 0.3 is 5.97 Å². The van der Waals surface area contributed by atoms with E-state index in [1.54, 1.807) is 6.92 Å². The van der Waals surface area contributed by atoms with Gasteiger partial charge < -0.3 is 15.2 Å². The largest absolute Gasteiger partial charge is 0.479 e. The molecule has 0 amide bonds. The lowest BCUT2D eigenvalue weighted by atomic mass is 10.6. The van der Waals surface area contributed by atoms with Crippen LogP contribution >= 0.6 is 0 Å². The van der Waals surface area contributed by atoms with E-state index in [1.807, 2.05) is 0 Å². The molecule has 0 saturated heterocycles. The molecule has 0 aliphatic heterocycles. The van der Waals surface area contributed by atoms with Crippen molar-refractivity contribution in [1.82, 2.24) is 0 Å². The molecule has 0 heterocycles. The summed E-state index contributed by atoms with van der Waals surface area (Å²) < 4.78 is 9.04. The summed E-state index contributed by atoms with van der Waals surface area (Å²) >= 11 is 0. The summed E-state index contributed by atoms with van der Waals surface area (Å²) in [6.07, 6.45) is 1.09. The lowest BCUT2D eigenvalue weighted by Gasteiger charge is -1.99. The Hall–Kier alpha value is -1.19. The standard InChI is InChI=1S/C6H11NO3/c1-3-10-5(7)4-6(8)9-2/h4H,3,7H2,1-2H3/b5-4-. The Morgan fingerprint density at radius 3 is 2.70 bits per heavy atom. The zero-order valence-electron chi connectivity index (χ0n) is 6.09. The van der Waals surface area contributed by atoms with E-state index in [1.165, 1.54) is 7.11 Å². The van der Waals surface area contributed by atoms with Gasteiger partial charge in [0.2, 0.25) is 0 Å². The Labute approximate surface area is 59.6 Å². The molecule has 10 heavy (non-hydrogen) atoms. The summed E-state index contributed by atoms with van der Waals surface area (Å²) in [7, 11) is 1.28. The fourth-order valence-electron chi connectivity index (χ4n) is 0.383. The van der Waals surface area contributed by atoms with E-state index in [2.05, 4.69) is 4.74 Å². The van der Waals surface area contributed by atoms with Gasteiger partial charge in [-0.25, -0.2) is 4.79 Å². The topological polar surface area (TPSA) is 61.5 Å². The molecule has 0 atom stereocenters. The van der Waals surface area contributed by atoms with E-state index in [-0.39, 0.29) is 5.88 Å². The number of hydrogen-bond donors (Lipinski definition) is 1. The van der Waals surface area contributed by atoms with Crippen molar-refractivity contribution >= 4 is 5.97 Å². The van der Waals surface area contributed by atoms with Gasteiger partial charge in [0.05, 0.1) is 19.8 Å². The van der Waals surface area contributed by atoms with Crippen molar-refractivity contribution in [2.45, 2.75) is 6.92 Å². The molecule has 4 heteroatoms. The average Bonchev–Trinajstić information content (AvgIpc) is 1.88. The molecule has 4 nitrogen and oxygen atoms in total. The van der Waals surface area contributed by atoms with Crippen LogP contribution in [-0.2, 0) is 14.3 Å². The molecule has 58 valence electrons. The van der Waals surface area contributed by atoms with E-state index >= 15 is 0 Å². The molecule has 0 aromatic carbocycles. The second-order valence-corrected chi connectivity index (χ2v) is 1.50. The fraction of sp³-hybridized carbons (Fsp3) is 0.500. The lowest BCUT2D eigenvalue weighted by molar-refractivity contribution is -0.135. The minimum Gasteiger partial charge on any atom is -0.479 e. The highest BCUT2D eigenvalue weighted by Gasteiger charge is 1.95. The maximum absolute atomic E-state index is 10.4. The summed E-state index contributed by atoms with van der Waals surface area (Å²) in [5, 5.41) is 0. The number of carbonyl (C=O) groups excluding carboxylic acids is 1. The van der Waals surface area contributed by atoms with Crippen molar-refractivity contribution in [3.05, 3.63) is 12.0 Å². The highest BCUT2D eigenvalue weighted by Crippen LogP contribution is 1.87. The van der Waals surface area contributed by atoms with Gasteiger partial charge in [-0.05, 0) is 6.92 Å². The number of esters is 1. The Balaban J connectivity index is 3.77. The SMILES string of the molecule is CCO/C(N)=C\C(=O)OC. The van der Waals surface area contributed by atoms with Gasteiger partial charge in [0.25, 0.3) is 0 Å². The summed E-state index contributed by atoms with van der Waals surface area (Å²) in [6.45, 7) is 2.22. The van der Waals surface area contributed by atoms with Crippen molar-refractivity contribution in [1.29, 1.82) is 0 Å². The molecule has 0 radical (unpaired) electrons. The van der Waals surface area contributed by atoms with Gasteiger partial charge in [-0.1, -0.05) is 0 Å². The van der Waals surface area contributed by atoms with Crippen molar-refractivity contribution < 1.29 is 14.3 Å². The number of hydrogen-bond acceptors (Lipinski definition) is 4. The van der Waals surface area contributed by atoms with E-state index in [0.717, 1.165) is 6.08 Å². The predicted molar refractivity (Wildman–Crippen MR) is 35.9 cm³/mol. The first kappa shape index (κ1) is 8.81. The summed E-state index contributed by atoms with van der Waals surface area (Å²) in [5.74, 6) is -0.430. The summed E-state index contributed by atoms with van der Waals surface area (Å²) in [4.78, 5) is 10.4. The van der Waals surface area contributed by atoms with Crippen molar-refractivity contribution in [3.8, 4) is 0 Å². The van der Waals surface area contributed by atoms with Crippen LogP contribution in [-0.4, -0.2) is 19.7 Å². The molecular weight excluding hydrogens is 134 g/mol. The van der Waals surface area contributed by atoms with Gasteiger partial charge in [-0.3, -0.25) is 0 Å². The Kier molecular flexibility index (Phi) is 4.11. The Morgan fingerprint density at radius 1 is 1.70 bits per heavy atom. The first-order valence-electron chi connectivity index (χ1n) is 2.88. The van der Waals surface area contributed by atoms with E-state index in [0.29, 0.717) is 6.61 Å². The third-order valence-corrected chi connectivity index (χ3v) is 0.772. The first-order valence-corrected chi connectivity index (χ1v) is 2.88. The molecule has 0 aliphatic rings. The normalized spacial score (nSPS) is 10.8. The lowest BCUT2D eigenvalue weighted by Crippen LogP contribution is -2.06. The molecule has 0 fully saturated rings. The minimum atomic E-state index is -0.508. The van der Waals surface area contributed by atoms with Crippen LogP contribution < -0.4 is 5.73 Å². The number of nitrogens with two attached hydrogens (primary N) is 1. The third-order valence-electron chi connectivity index (χ3n) is 0.772. The highest BCUT2D eigenvalue weighted by atomic mass is 16.5. The molecule has 0 bridgehead atoms. The molecule has 0 spiro atoms. The van der Waals surface area contributed by atoms with Crippen LogP contribution in [0.5, 0.6) is 0 Å². The maximum Gasteiger partial charge on any atom is 0.335 e. The minimum absolute atomic E-state index is 0.0781. The second-order valence-electron chi connectivity index (χ2n) is 1.50. The molecule has 2 N–H and O–H groups in total. The van der Waals surface area contributed by atoms with Crippen LogP contribution in [0.15, 0.2) is 12.0 Å². The molecular formula is C6H11NO3. The molecule has 0 aliphatic carbocycles. The smallest absolute Gasteiger partial charge is 0.335 e. The van der Waals surface area contributed by atoms with Crippen LogP contribution in [0.2, 0.25) is 0 Å². The number of rotatable bonds is 3. The van der Waals surface area contributed by atoms with Crippen LogP contribution in [0, 0.1) is 0 Å². The first-order chi connectivity index (χ1) is 4.70. The van der Waals surface area contributed by atoms with Crippen LogP contribution in [0.3, 0.4) is 0 Å². The number of methoxy groups -OCH3 is 1. The van der Waals surface area contributed by atoms with Crippen LogP contribution in [0.4, 0.5) is 0 Å². The predicted octanol–water partition coefficient (Wildman–Crippen LogP) is -0.00400. The van der Waals surface area contributed by atoms with E-state index in [4.69, 9.17) is 10.5 Å². The van der Waals surface area contributed by atoms with E-state index in [9.17, 15) is 4.79 Å². The monoisotopic (exact) mass is 145 g/mol.